The van der Waals surface area contributed by atoms with Gasteiger partial charge in [0.05, 0.1) is 0 Å². The minimum absolute atomic E-state index is 0. The summed E-state index contributed by atoms with van der Waals surface area (Å²) in [6, 6.07) is 14.7. The van der Waals surface area contributed by atoms with E-state index in [-0.39, 0.29) is 51.1 Å². The Balaban J connectivity index is -0.000000180. The summed E-state index contributed by atoms with van der Waals surface area (Å²) in [5, 5.41) is 15.3. The second-order valence-corrected chi connectivity index (χ2v) is 4.08. The fraction of sp³-hybridized carbons (Fsp3) is 0.480. The number of anilines is 2. The Hall–Kier alpha value is -1.43. The van der Waals surface area contributed by atoms with Crippen molar-refractivity contribution in [1.29, 1.82) is 0 Å². The van der Waals surface area contributed by atoms with Gasteiger partial charge in [-0.15, -0.1) is 12.1 Å². The van der Waals surface area contributed by atoms with Gasteiger partial charge in [0, 0.05) is 51.1 Å². The molecule has 5 nitrogen and oxygen atoms in total. The average molecular weight is 511 g/mol. The molecule has 0 spiro atoms. The number of benzene rings is 2. The molecule has 31 heavy (non-hydrogen) atoms. The minimum atomic E-state index is -0.251. The van der Waals surface area contributed by atoms with E-state index in [1.807, 2.05) is 75.3 Å². The van der Waals surface area contributed by atoms with E-state index in [0.29, 0.717) is 16.9 Å². The Morgan fingerprint density at radius 3 is 1.84 bits per heavy atom. The fourth-order valence-corrected chi connectivity index (χ4v) is 1.63. The van der Waals surface area contributed by atoms with Crippen molar-refractivity contribution in [3.05, 3.63) is 54.1 Å². The van der Waals surface area contributed by atoms with Crippen LogP contribution in [0.15, 0.2) is 42.5 Å². The first-order valence-corrected chi connectivity index (χ1v) is 11.0. The first kappa shape index (κ1) is 40.0. The van der Waals surface area contributed by atoms with Gasteiger partial charge in [-0.05, 0) is 17.8 Å². The minimum Gasteiger partial charge on any atom is -0.531 e. The summed E-state index contributed by atoms with van der Waals surface area (Å²) in [5.41, 5.74) is 1.44. The molecule has 0 aliphatic heterocycles. The number of hydrogen-bond donors (Lipinski definition) is 3. The molecule has 1 radical (unpaired) electrons. The van der Waals surface area contributed by atoms with E-state index in [2.05, 4.69) is 16.7 Å². The number of phenols is 1. The van der Waals surface area contributed by atoms with Crippen LogP contribution in [0.4, 0.5) is 11.4 Å². The molecule has 0 aliphatic rings. The monoisotopic (exact) mass is 510 g/mol. The number of carbonyl (C=O) groups excluding carboxylic acids is 1. The summed E-state index contributed by atoms with van der Waals surface area (Å²) >= 11 is 0. The largest absolute Gasteiger partial charge is 0.531 e. The molecular formula is C25H45N2O3Y-. The molecule has 3 N–H and O–H groups in total. The van der Waals surface area contributed by atoms with Crippen molar-refractivity contribution in [2.45, 2.75) is 69.2 Å². The van der Waals surface area contributed by atoms with Crippen molar-refractivity contribution < 1.29 is 47.3 Å². The number of ether oxygens (including phenoxy) is 1. The van der Waals surface area contributed by atoms with Crippen molar-refractivity contribution in [2.75, 3.05) is 24.5 Å². The molecule has 0 unspecified atom stereocenters. The van der Waals surface area contributed by atoms with Gasteiger partial charge in [0.15, 0.2) is 0 Å². The summed E-state index contributed by atoms with van der Waals surface area (Å²) in [4.78, 5) is 11.9. The molecule has 6 heteroatoms. The zero-order valence-electron chi connectivity index (χ0n) is 21.6. The maximum Gasteiger partial charge on any atom is 0.253 e. The number of aromatic hydroxyl groups is 1. The number of carbonyl (C=O) groups is 1. The predicted octanol–water partition coefficient (Wildman–Crippen LogP) is 7.59. The van der Waals surface area contributed by atoms with Gasteiger partial charge >= 0.3 is 0 Å². The molecule has 0 saturated heterocycles. The van der Waals surface area contributed by atoms with Crippen molar-refractivity contribution in [1.82, 2.24) is 0 Å². The van der Waals surface area contributed by atoms with Crippen LogP contribution in [-0.4, -0.2) is 24.9 Å². The van der Waals surface area contributed by atoms with E-state index in [1.165, 1.54) is 6.07 Å². The van der Waals surface area contributed by atoms with Gasteiger partial charge in [-0.25, -0.2) is 0 Å². The van der Waals surface area contributed by atoms with Crippen LogP contribution < -0.4 is 10.6 Å². The van der Waals surface area contributed by atoms with Gasteiger partial charge in [0.2, 0.25) is 0 Å². The van der Waals surface area contributed by atoms with Crippen LogP contribution in [0.2, 0.25) is 0 Å². The molecule has 0 heterocycles. The van der Waals surface area contributed by atoms with Gasteiger partial charge in [-0.3, -0.25) is 4.79 Å². The third-order valence-corrected chi connectivity index (χ3v) is 2.62. The van der Waals surface area contributed by atoms with E-state index in [1.54, 1.807) is 37.4 Å². The summed E-state index contributed by atoms with van der Waals surface area (Å²) < 4.78 is 4.85. The molecule has 0 saturated carbocycles. The molecule has 2 aromatic carbocycles. The zero-order valence-corrected chi connectivity index (χ0v) is 24.4. The standard InChI is InChI=1S/C15H15N2O3.5C2H6.Y/c1-20-10-16-13-8-7-12(9-14(13)18)17-15(19)11-5-3-2-4-6-11;5*1-2;/h2-6,8-9,16,18H,10H2,1H3,(H,17,19);5*1-2H3;/q-1;;;;;;. The summed E-state index contributed by atoms with van der Waals surface area (Å²) in [7, 11) is 1.54. The Morgan fingerprint density at radius 2 is 1.42 bits per heavy atom. The Labute approximate surface area is 217 Å². The molecular weight excluding hydrogens is 465 g/mol. The number of amides is 1. The first-order chi connectivity index (χ1) is 14.7. The van der Waals surface area contributed by atoms with Gasteiger partial charge in [-0.1, -0.05) is 93.1 Å². The van der Waals surface area contributed by atoms with Crippen LogP contribution in [0.3, 0.4) is 0 Å². The van der Waals surface area contributed by atoms with Crippen LogP contribution in [0.5, 0.6) is 5.75 Å². The average Bonchev–Trinajstić information content (AvgIpc) is 2.85. The van der Waals surface area contributed by atoms with Gasteiger partial charge < -0.3 is 20.5 Å². The third kappa shape index (κ3) is 20.2. The zero-order chi connectivity index (χ0) is 24.4. The van der Waals surface area contributed by atoms with Crippen LogP contribution in [0, 0.1) is 6.07 Å². The van der Waals surface area contributed by atoms with Crippen LogP contribution in [0.1, 0.15) is 79.6 Å². The summed E-state index contributed by atoms with van der Waals surface area (Å²) in [5.74, 6) is -0.233. The molecule has 1 amide bonds. The van der Waals surface area contributed by atoms with Crippen LogP contribution in [-0.2, 0) is 37.4 Å². The molecule has 2 rings (SSSR count). The molecule has 0 fully saturated rings. The number of phenolic OH excluding ortho intramolecular Hbond substituents is 1. The molecule has 0 aliphatic carbocycles. The summed E-state index contributed by atoms with van der Waals surface area (Å²) in [6.45, 7) is 20.3. The summed E-state index contributed by atoms with van der Waals surface area (Å²) in [6.07, 6.45) is 0. The normalized spacial score (nSPS) is 7.45. The fourth-order valence-electron chi connectivity index (χ4n) is 1.63. The Kier molecular flexibility index (Phi) is 42.8. The third-order valence-electron chi connectivity index (χ3n) is 2.62. The van der Waals surface area contributed by atoms with E-state index in [0.717, 1.165) is 0 Å². The van der Waals surface area contributed by atoms with Crippen LogP contribution in [0.25, 0.3) is 0 Å². The van der Waals surface area contributed by atoms with Crippen molar-refractivity contribution in [3.8, 4) is 5.75 Å². The molecule has 0 bridgehead atoms. The van der Waals surface area contributed by atoms with E-state index < -0.39 is 0 Å². The van der Waals surface area contributed by atoms with Gasteiger partial charge in [-0.2, -0.15) is 6.07 Å². The quantitative estimate of drug-likeness (QED) is 0.220. The number of methoxy groups -OCH3 is 1. The van der Waals surface area contributed by atoms with E-state index in [9.17, 15) is 9.90 Å². The van der Waals surface area contributed by atoms with Crippen molar-refractivity contribution in [3.63, 3.8) is 0 Å². The topological polar surface area (TPSA) is 70.6 Å². The second kappa shape index (κ2) is 33.2. The number of hydrogen-bond acceptors (Lipinski definition) is 4. The Morgan fingerprint density at radius 1 is 0.935 bits per heavy atom. The molecule has 0 aromatic heterocycles. The van der Waals surface area contributed by atoms with E-state index >= 15 is 0 Å². The van der Waals surface area contributed by atoms with Crippen molar-refractivity contribution >= 4 is 17.3 Å². The number of nitrogens with one attached hydrogen (secondary N) is 2. The van der Waals surface area contributed by atoms with Crippen molar-refractivity contribution in [2.24, 2.45) is 0 Å². The molecule has 177 valence electrons. The second-order valence-electron chi connectivity index (χ2n) is 4.08. The number of rotatable bonds is 5. The van der Waals surface area contributed by atoms with Crippen LogP contribution >= 0.6 is 0 Å². The maximum atomic E-state index is 11.9. The van der Waals surface area contributed by atoms with Gasteiger partial charge in [0.25, 0.3) is 5.91 Å². The SMILES string of the molecule is CC.CC.CC.CC.CC.COCNc1c[c-]c(NC(=O)c2ccccc2)cc1O.[Y]. The predicted molar refractivity (Wildman–Crippen MR) is 134 cm³/mol. The molecule has 2 aromatic rings. The maximum absolute atomic E-state index is 11.9. The molecule has 0 atom stereocenters. The van der Waals surface area contributed by atoms with E-state index in [4.69, 9.17) is 4.74 Å². The smallest absolute Gasteiger partial charge is 0.253 e. The Bertz CT molecular complexity index is 595. The first-order valence-electron chi connectivity index (χ1n) is 11.0. The van der Waals surface area contributed by atoms with Gasteiger partial charge in [0.1, 0.15) is 6.73 Å².